The maximum atomic E-state index is 13.9. The number of carbonyl (C=O) groups excluding carboxylic acids is 3. The Morgan fingerprint density at radius 2 is 1.59 bits per heavy atom. The number of amides is 3. The van der Waals surface area contributed by atoms with Crippen molar-refractivity contribution in [3.63, 3.8) is 0 Å². The Hall–Kier alpha value is -4.70. The fourth-order valence-corrected chi connectivity index (χ4v) is 6.90. The molecule has 3 amide bonds. The van der Waals surface area contributed by atoms with Gasteiger partial charge in [-0.25, -0.2) is 4.39 Å². The number of carbonyl (C=O) groups is 3. The second-order valence-electron chi connectivity index (χ2n) is 11.8. The van der Waals surface area contributed by atoms with E-state index in [1.54, 1.807) is 4.90 Å². The molecule has 6 rings (SSSR count). The summed E-state index contributed by atoms with van der Waals surface area (Å²) in [5, 5.41) is 4.77. The molecule has 3 aromatic carbocycles. The third kappa shape index (κ3) is 6.79. The number of methoxy groups -OCH3 is 1. The summed E-state index contributed by atoms with van der Waals surface area (Å²) in [4.78, 5) is 41.9. The quantitative estimate of drug-likeness (QED) is 0.199. The van der Waals surface area contributed by atoms with Gasteiger partial charge in [-0.15, -0.1) is 11.3 Å². The average molecular weight is 710 g/mol. The van der Waals surface area contributed by atoms with Crippen LogP contribution in [0.2, 0.25) is 0 Å². The van der Waals surface area contributed by atoms with Crippen LogP contribution in [0.4, 0.5) is 42.1 Å². The lowest BCUT2D eigenvalue weighted by Gasteiger charge is -2.47. The van der Waals surface area contributed by atoms with Crippen molar-refractivity contribution in [1.29, 1.82) is 0 Å². The molecule has 1 spiro atoms. The van der Waals surface area contributed by atoms with Crippen LogP contribution in [0.5, 0.6) is 5.75 Å². The molecule has 2 aliphatic rings. The van der Waals surface area contributed by atoms with E-state index < -0.39 is 46.8 Å². The highest BCUT2D eigenvalue weighted by Gasteiger charge is 2.42. The second-order valence-corrected chi connectivity index (χ2v) is 12.9. The Morgan fingerprint density at radius 3 is 2.20 bits per heavy atom. The smallest absolute Gasteiger partial charge is 0.419 e. The Balaban J connectivity index is 1.33. The van der Waals surface area contributed by atoms with Gasteiger partial charge < -0.3 is 25.0 Å². The molecule has 4 aromatic rings. The summed E-state index contributed by atoms with van der Waals surface area (Å²) in [5.41, 5.74) is -3.25. The first-order valence-corrected chi connectivity index (χ1v) is 15.6. The van der Waals surface area contributed by atoms with E-state index in [0.717, 1.165) is 37.1 Å². The van der Waals surface area contributed by atoms with Crippen LogP contribution in [0.1, 0.15) is 54.4 Å². The number of nitrogens with one attached hydrogen (secondary N) is 2. The van der Waals surface area contributed by atoms with Gasteiger partial charge in [0.05, 0.1) is 42.7 Å². The molecule has 1 aromatic heterocycles. The first-order valence-electron chi connectivity index (χ1n) is 14.8. The second kappa shape index (κ2) is 12.6. The fraction of sp³-hybridized carbons (Fsp3) is 0.303. The molecule has 8 nitrogen and oxygen atoms in total. The van der Waals surface area contributed by atoms with Crippen LogP contribution in [0, 0.1) is 11.2 Å². The van der Waals surface area contributed by atoms with E-state index >= 15 is 0 Å². The van der Waals surface area contributed by atoms with Gasteiger partial charge in [0.1, 0.15) is 16.4 Å². The fourth-order valence-electron chi connectivity index (χ4n) is 5.81. The van der Waals surface area contributed by atoms with Crippen LogP contribution in [0.3, 0.4) is 0 Å². The van der Waals surface area contributed by atoms with Gasteiger partial charge in [0.15, 0.2) is 0 Å². The van der Waals surface area contributed by atoms with E-state index in [9.17, 15) is 45.1 Å². The van der Waals surface area contributed by atoms with Gasteiger partial charge >= 0.3 is 12.4 Å². The van der Waals surface area contributed by atoms with E-state index in [0.29, 0.717) is 49.8 Å². The van der Waals surface area contributed by atoms with Crippen molar-refractivity contribution in [3.05, 3.63) is 87.5 Å². The number of hydrogen-bond acceptors (Lipinski definition) is 6. The van der Waals surface area contributed by atoms with Crippen molar-refractivity contribution in [2.45, 2.75) is 25.2 Å². The van der Waals surface area contributed by atoms with Gasteiger partial charge in [-0.05, 0) is 61.4 Å². The number of fused-ring (bicyclic) bond motifs is 1. The van der Waals surface area contributed by atoms with E-state index in [4.69, 9.17) is 9.47 Å². The Bertz CT molecular complexity index is 1960. The van der Waals surface area contributed by atoms with Crippen molar-refractivity contribution >= 4 is 50.5 Å². The number of alkyl halides is 6. The molecule has 2 fully saturated rings. The zero-order valence-electron chi connectivity index (χ0n) is 25.5. The van der Waals surface area contributed by atoms with Crippen LogP contribution in [0.25, 0.3) is 10.1 Å². The number of nitrogens with zero attached hydrogens (tertiary/aromatic N) is 1. The minimum Gasteiger partial charge on any atom is -0.496 e. The lowest BCUT2D eigenvalue weighted by molar-refractivity contribution is -0.140. The van der Waals surface area contributed by atoms with Crippen LogP contribution in [-0.4, -0.2) is 56.0 Å². The molecule has 49 heavy (non-hydrogen) atoms. The number of hydrogen-bond donors (Lipinski definition) is 2. The van der Waals surface area contributed by atoms with Crippen molar-refractivity contribution in [2.24, 2.45) is 5.41 Å². The van der Waals surface area contributed by atoms with Gasteiger partial charge in [-0.3, -0.25) is 14.4 Å². The van der Waals surface area contributed by atoms with Crippen molar-refractivity contribution in [3.8, 4) is 5.75 Å². The minimum absolute atomic E-state index is 0.0278. The van der Waals surface area contributed by atoms with Crippen LogP contribution in [-0.2, 0) is 17.1 Å². The molecule has 2 aliphatic heterocycles. The molecule has 0 bridgehead atoms. The van der Waals surface area contributed by atoms with Gasteiger partial charge in [0, 0.05) is 39.8 Å². The Kier molecular flexibility index (Phi) is 8.81. The molecule has 2 saturated heterocycles. The Morgan fingerprint density at radius 1 is 0.878 bits per heavy atom. The van der Waals surface area contributed by atoms with Crippen molar-refractivity contribution in [1.82, 2.24) is 4.90 Å². The van der Waals surface area contributed by atoms with Crippen LogP contribution in [0.15, 0.2) is 54.6 Å². The zero-order chi connectivity index (χ0) is 35.3. The summed E-state index contributed by atoms with van der Waals surface area (Å²) in [5.74, 6) is -3.82. The summed E-state index contributed by atoms with van der Waals surface area (Å²) < 4.78 is 105. The summed E-state index contributed by atoms with van der Waals surface area (Å²) in [6.45, 7) is 2.28. The predicted octanol–water partition coefficient (Wildman–Crippen LogP) is 7.84. The summed E-state index contributed by atoms with van der Waals surface area (Å²) in [6.07, 6.45) is -8.28. The van der Waals surface area contributed by atoms with E-state index in [1.807, 2.05) is 0 Å². The third-order valence-corrected chi connectivity index (χ3v) is 9.76. The number of rotatable bonds is 6. The third-order valence-electron chi connectivity index (χ3n) is 8.61. The summed E-state index contributed by atoms with van der Waals surface area (Å²) in [7, 11) is 1.29. The van der Waals surface area contributed by atoms with Gasteiger partial charge in [-0.1, -0.05) is 6.07 Å². The Labute approximate surface area is 277 Å². The number of anilines is 2. The highest BCUT2D eigenvalue weighted by Crippen LogP contribution is 2.42. The van der Waals surface area contributed by atoms with E-state index in [1.165, 1.54) is 25.3 Å². The van der Waals surface area contributed by atoms with Gasteiger partial charge in [0.25, 0.3) is 17.7 Å². The summed E-state index contributed by atoms with van der Waals surface area (Å²) in [6, 6.07) is 8.53. The molecule has 2 N–H and O–H groups in total. The molecular weight excluding hydrogens is 683 g/mol. The monoisotopic (exact) mass is 709 g/mol. The lowest BCUT2D eigenvalue weighted by Crippen LogP contribution is -2.52. The average Bonchev–Trinajstić information content (AvgIpc) is 3.41. The number of thiophene rings is 1. The number of benzene rings is 3. The minimum atomic E-state index is -5.08. The molecule has 0 aliphatic carbocycles. The standard InChI is InChI=1S/C33H26F7N3O5S/c1-47-24-7-2-17(30(46)43-10-8-31(9-11-43)15-48-16-31)12-21(24)28(44)42-26-20-5-3-18(32(35,36)37)13-25(20)49-27(26)29(45)41-19-4-6-23(34)22(14-19)33(38,39)40/h2-7,12-14H,8-11,15-16H2,1H3,(H,41,45)(H,42,44). The zero-order valence-corrected chi connectivity index (χ0v) is 26.3. The highest BCUT2D eigenvalue weighted by atomic mass is 32.1. The van der Waals surface area contributed by atoms with E-state index in [-0.39, 0.29) is 48.8 Å². The molecule has 258 valence electrons. The molecule has 3 heterocycles. The first-order chi connectivity index (χ1) is 23.1. The topological polar surface area (TPSA) is 97.0 Å². The molecule has 0 atom stereocenters. The lowest BCUT2D eigenvalue weighted by atomic mass is 9.77. The normalized spacial score (nSPS) is 16.0. The first kappa shape index (κ1) is 34.2. The molecule has 0 saturated carbocycles. The number of ether oxygens (including phenoxy) is 2. The highest BCUT2D eigenvalue weighted by molar-refractivity contribution is 7.21. The SMILES string of the molecule is COc1ccc(C(=O)N2CCC3(CC2)COC3)cc1C(=O)Nc1c(C(=O)Nc2ccc(F)c(C(F)(F)F)c2)sc2cc(C(F)(F)F)ccc12. The maximum absolute atomic E-state index is 13.9. The number of halogens is 7. The summed E-state index contributed by atoms with van der Waals surface area (Å²) >= 11 is 0.551. The molecule has 0 radical (unpaired) electrons. The molecule has 0 unspecified atom stereocenters. The maximum Gasteiger partial charge on any atom is 0.419 e. The van der Waals surface area contributed by atoms with Crippen LogP contribution >= 0.6 is 11.3 Å². The molecule has 16 heteroatoms. The van der Waals surface area contributed by atoms with Crippen molar-refractivity contribution in [2.75, 3.05) is 44.0 Å². The van der Waals surface area contributed by atoms with Crippen LogP contribution < -0.4 is 15.4 Å². The van der Waals surface area contributed by atoms with Gasteiger partial charge in [-0.2, -0.15) is 26.3 Å². The number of likely N-dealkylation sites (tertiary alicyclic amines) is 1. The van der Waals surface area contributed by atoms with Crippen molar-refractivity contribution < 1.29 is 54.6 Å². The van der Waals surface area contributed by atoms with Gasteiger partial charge in [0.2, 0.25) is 0 Å². The number of piperidine rings is 1. The predicted molar refractivity (Wildman–Crippen MR) is 166 cm³/mol. The molecular formula is C33H26F7N3O5S. The van der Waals surface area contributed by atoms with E-state index in [2.05, 4.69) is 10.6 Å². The largest absolute Gasteiger partial charge is 0.496 e.